The van der Waals surface area contributed by atoms with Gasteiger partial charge in [0.15, 0.2) is 0 Å². The molecule has 1 aliphatic rings. The summed E-state index contributed by atoms with van der Waals surface area (Å²) >= 11 is 0. The Kier molecular flexibility index (Phi) is 8.79. The zero-order valence-electron chi connectivity index (χ0n) is 20.0. The SMILES string of the molecule is C=C(C)[C@@H]1CCC(COC(C)=O)=C[C@H]1c1c(O)cc(C(C)(C)CCCCCC)cc1O. The maximum atomic E-state index is 11.2. The van der Waals surface area contributed by atoms with Crippen LogP contribution in [0.1, 0.15) is 96.6 Å². The van der Waals surface area contributed by atoms with E-state index in [1.807, 2.05) is 25.1 Å². The van der Waals surface area contributed by atoms with E-state index in [0.717, 1.165) is 42.4 Å². The van der Waals surface area contributed by atoms with Gasteiger partial charge < -0.3 is 14.9 Å². The van der Waals surface area contributed by atoms with E-state index in [0.29, 0.717) is 5.56 Å². The van der Waals surface area contributed by atoms with Crippen molar-refractivity contribution >= 4 is 5.97 Å². The molecule has 0 aromatic heterocycles. The molecule has 0 saturated heterocycles. The number of phenolic OH excluding ortho intramolecular Hbond substituents is 2. The lowest BCUT2D eigenvalue weighted by Gasteiger charge is -2.33. The number of ether oxygens (including phenoxy) is 1. The van der Waals surface area contributed by atoms with E-state index in [9.17, 15) is 15.0 Å². The Bertz CT molecular complexity index is 796. The summed E-state index contributed by atoms with van der Waals surface area (Å²) in [6.07, 6.45) is 9.47. The van der Waals surface area contributed by atoms with E-state index in [4.69, 9.17) is 4.74 Å². The number of rotatable bonds is 10. The van der Waals surface area contributed by atoms with Crippen LogP contribution in [0.5, 0.6) is 11.5 Å². The number of benzene rings is 1. The van der Waals surface area contributed by atoms with Crippen LogP contribution in [0.25, 0.3) is 0 Å². The van der Waals surface area contributed by atoms with Crippen molar-refractivity contribution in [1.29, 1.82) is 0 Å². The molecule has 31 heavy (non-hydrogen) atoms. The van der Waals surface area contributed by atoms with Crippen molar-refractivity contribution in [3.05, 3.63) is 47.1 Å². The van der Waals surface area contributed by atoms with Crippen LogP contribution >= 0.6 is 0 Å². The lowest BCUT2D eigenvalue weighted by molar-refractivity contribution is -0.140. The zero-order valence-corrected chi connectivity index (χ0v) is 20.0. The van der Waals surface area contributed by atoms with Gasteiger partial charge in [-0.1, -0.05) is 64.7 Å². The summed E-state index contributed by atoms with van der Waals surface area (Å²) in [7, 11) is 0. The van der Waals surface area contributed by atoms with Crippen LogP contribution in [-0.4, -0.2) is 22.8 Å². The highest BCUT2D eigenvalue weighted by molar-refractivity contribution is 5.66. The molecule has 4 nitrogen and oxygen atoms in total. The molecule has 0 aliphatic heterocycles. The average molecular weight is 429 g/mol. The Hall–Kier alpha value is -2.23. The minimum Gasteiger partial charge on any atom is -0.507 e. The van der Waals surface area contributed by atoms with Gasteiger partial charge in [0.25, 0.3) is 0 Å². The number of unbranched alkanes of at least 4 members (excludes halogenated alkanes) is 3. The summed E-state index contributed by atoms with van der Waals surface area (Å²) < 4.78 is 5.19. The number of phenols is 2. The number of esters is 1. The molecule has 0 heterocycles. The second-order valence-corrected chi connectivity index (χ2v) is 9.75. The summed E-state index contributed by atoms with van der Waals surface area (Å²) in [5.41, 5.74) is 3.40. The highest BCUT2D eigenvalue weighted by Gasteiger charge is 2.32. The topological polar surface area (TPSA) is 66.8 Å². The van der Waals surface area contributed by atoms with Crippen LogP contribution in [0.4, 0.5) is 0 Å². The minimum absolute atomic E-state index is 0.116. The van der Waals surface area contributed by atoms with E-state index < -0.39 is 0 Å². The molecule has 0 unspecified atom stereocenters. The van der Waals surface area contributed by atoms with Crippen LogP contribution in [0.15, 0.2) is 35.9 Å². The highest BCUT2D eigenvalue weighted by Crippen LogP contribution is 2.48. The first-order valence-electron chi connectivity index (χ1n) is 11.6. The average Bonchev–Trinajstić information content (AvgIpc) is 2.69. The molecule has 0 amide bonds. The summed E-state index contributed by atoms with van der Waals surface area (Å²) in [5.74, 6) is -0.143. The third kappa shape index (κ3) is 6.62. The summed E-state index contributed by atoms with van der Waals surface area (Å²) in [6, 6.07) is 3.64. The Morgan fingerprint density at radius 2 is 1.81 bits per heavy atom. The molecule has 1 aromatic rings. The van der Waals surface area contributed by atoms with Gasteiger partial charge in [0, 0.05) is 18.4 Å². The van der Waals surface area contributed by atoms with Gasteiger partial charge in [-0.05, 0) is 60.8 Å². The quantitative estimate of drug-likeness (QED) is 0.241. The number of aromatic hydroxyl groups is 2. The normalized spacial score (nSPS) is 19.1. The molecule has 0 spiro atoms. The molecular formula is C27H40O4. The molecule has 2 N–H and O–H groups in total. The zero-order chi connectivity index (χ0) is 23.2. The largest absolute Gasteiger partial charge is 0.507 e. The van der Waals surface area contributed by atoms with Crippen LogP contribution < -0.4 is 0 Å². The predicted octanol–water partition coefficient (Wildman–Crippen LogP) is 6.91. The fourth-order valence-corrected chi connectivity index (χ4v) is 4.62. The van der Waals surface area contributed by atoms with Crippen molar-refractivity contribution in [2.75, 3.05) is 6.61 Å². The smallest absolute Gasteiger partial charge is 0.302 e. The Balaban J connectivity index is 2.35. The summed E-state index contributed by atoms with van der Waals surface area (Å²) in [6.45, 7) is 14.3. The number of hydrogen-bond donors (Lipinski definition) is 2. The minimum atomic E-state index is -0.310. The summed E-state index contributed by atoms with van der Waals surface area (Å²) in [4.78, 5) is 11.2. The predicted molar refractivity (Wildman–Crippen MR) is 127 cm³/mol. The first-order chi connectivity index (χ1) is 14.6. The molecule has 2 rings (SSSR count). The van der Waals surface area contributed by atoms with Gasteiger partial charge in [-0.3, -0.25) is 4.79 Å². The third-order valence-electron chi connectivity index (χ3n) is 6.63. The van der Waals surface area contributed by atoms with Gasteiger partial charge >= 0.3 is 5.97 Å². The van der Waals surface area contributed by atoms with E-state index in [-0.39, 0.29) is 41.3 Å². The van der Waals surface area contributed by atoms with Crippen LogP contribution in [0.3, 0.4) is 0 Å². The number of carbonyl (C=O) groups excluding carboxylic acids is 1. The first kappa shape index (κ1) is 25.0. The summed E-state index contributed by atoms with van der Waals surface area (Å²) in [5, 5.41) is 22.0. The molecule has 1 aromatic carbocycles. The van der Waals surface area contributed by atoms with Crippen molar-refractivity contribution in [3.8, 4) is 11.5 Å². The molecule has 4 heteroatoms. The highest BCUT2D eigenvalue weighted by atomic mass is 16.5. The van der Waals surface area contributed by atoms with Crippen molar-refractivity contribution in [3.63, 3.8) is 0 Å². The fourth-order valence-electron chi connectivity index (χ4n) is 4.62. The number of allylic oxidation sites excluding steroid dienone is 2. The second kappa shape index (κ2) is 10.9. The molecule has 0 radical (unpaired) electrons. The van der Waals surface area contributed by atoms with Gasteiger partial charge in [-0.15, -0.1) is 0 Å². The van der Waals surface area contributed by atoms with E-state index in [1.54, 1.807) is 0 Å². The Morgan fingerprint density at radius 1 is 1.16 bits per heavy atom. The standard InChI is InChI=1S/C27H40O4/c1-7-8-9-10-13-27(5,6)21-15-24(29)26(25(30)16-21)23-14-20(17-31-19(4)28)11-12-22(23)18(2)3/h14-16,22-23,29-30H,2,7-13,17H2,1,3-6H3/t22-,23+/m0/s1. The second-order valence-electron chi connectivity index (χ2n) is 9.75. The van der Waals surface area contributed by atoms with E-state index >= 15 is 0 Å². The molecule has 0 saturated carbocycles. The van der Waals surface area contributed by atoms with Gasteiger partial charge in [0.05, 0.1) is 0 Å². The van der Waals surface area contributed by atoms with Crippen molar-refractivity contribution in [1.82, 2.24) is 0 Å². The number of carbonyl (C=O) groups is 1. The Morgan fingerprint density at radius 3 is 2.35 bits per heavy atom. The first-order valence-corrected chi connectivity index (χ1v) is 11.6. The monoisotopic (exact) mass is 428 g/mol. The van der Waals surface area contributed by atoms with Crippen molar-refractivity contribution in [2.45, 2.75) is 90.9 Å². The molecule has 0 bridgehead atoms. The maximum Gasteiger partial charge on any atom is 0.302 e. The maximum absolute atomic E-state index is 11.2. The van der Waals surface area contributed by atoms with Gasteiger partial charge in [0.1, 0.15) is 18.1 Å². The Labute approximate surface area is 188 Å². The molecular weight excluding hydrogens is 388 g/mol. The van der Waals surface area contributed by atoms with Gasteiger partial charge in [-0.2, -0.15) is 0 Å². The van der Waals surface area contributed by atoms with Crippen LogP contribution in [-0.2, 0) is 14.9 Å². The van der Waals surface area contributed by atoms with Crippen LogP contribution in [0.2, 0.25) is 0 Å². The van der Waals surface area contributed by atoms with Crippen LogP contribution in [0, 0.1) is 5.92 Å². The fraction of sp³-hybridized carbons (Fsp3) is 0.593. The molecule has 0 fully saturated rings. The van der Waals surface area contributed by atoms with E-state index in [1.165, 1.54) is 26.2 Å². The van der Waals surface area contributed by atoms with E-state index in [2.05, 4.69) is 27.4 Å². The third-order valence-corrected chi connectivity index (χ3v) is 6.63. The molecule has 2 atom stereocenters. The lowest BCUT2D eigenvalue weighted by Crippen LogP contribution is -2.21. The molecule has 1 aliphatic carbocycles. The van der Waals surface area contributed by atoms with Crippen molar-refractivity contribution in [2.24, 2.45) is 5.92 Å². The van der Waals surface area contributed by atoms with Gasteiger partial charge in [-0.25, -0.2) is 0 Å². The molecule has 172 valence electrons. The van der Waals surface area contributed by atoms with Crippen molar-refractivity contribution < 1.29 is 19.7 Å². The number of hydrogen-bond acceptors (Lipinski definition) is 4. The van der Waals surface area contributed by atoms with Gasteiger partial charge in [0.2, 0.25) is 0 Å². The lowest BCUT2D eigenvalue weighted by atomic mass is 9.72.